The summed E-state index contributed by atoms with van der Waals surface area (Å²) in [5.74, 6) is 0.707. The lowest BCUT2D eigenvalue weighted by Crippen LogP contribution is -2.22. The van der Waals surface area contributed by atoms with Gasteiger partial charge in [0.15, 0.2) is 0 Å². The molecule has 9 heteroatoms. The fraction of sp³-hybridized carbons (Fsp3) is 0.269. The van der Waals surface area contributed by atoms with E-state index in [1.807, 2.05) is 56.8 Å². The van der Waals surface area contributed by atoms with Gasteiger partial charge in [-0.15, -0.1) is 0 Å². The van der Waals surface area contributed by atoms with E-state index in [4.69, 9.17) is 4.74 Å². The molecule has 0 aliphatic rings. The van der Waals surface area contributed by atoms with Gasteiger partial charge in [-0.1, -0.05) is 12.1 Å². The van der Waals surface area contributed by atoms with Crippen LogP contribution in [0.3, 0.4) is 0 Å². The molecule has 9 nitrogen and oxygen atoms in total. The van der Waals surface area contributed by atoms with E-state index < -0.39 is 0 Å². The van der Waals surface area contributed by atoms with E-state index in [0.29, 0.717) is 33.9 Å². The summed E-state index contributed by atoms with van der Waals surface area (Å²) in [6.07, 6.45) is 5.13. The molecule has 4 rings (SSSR count). The number of nitrogens with zero attached hydrogens (tertiary/aromatic N) is 4. The fourth-order valence-corrected chi connectivity index (χ4v) is 3.58. The van der Waals surface area contributed by atoms with E-state index in [1.165, 1.54) is 13.3 Å². The predicted octanol–water partition coefficient (Wildman–Crippen LogP) is 4.82. The molecule has 0 aliphatic carbocycles. The van der Waals surface area contributed by atoms with Gasteiger partial charge in [0.1, 0.15) is 12.1 Å². The Labute approximate surface area is 203 Å². The highest BCUT2D eigenvalue weighted by molar-refractivity contribution is 5.94. The summed E-state index contributed by atoms with van der Waals surface area (Å²) in [6, 6.07) is 10.9. The van der Waals surface area contributed by atoms with E-state index in [0.717, 1.165) is 11.1 Å². The van der Waals surface area contributed by atoms with E-state index in [9.17, 15) is 9.59 Å². The molecule has 0 spiro atoms. The van der Waals surface area contributed by atoms with Gasteiger partial charge in [0.05, 0.1) is 34.7 Å². The first kappa shape index (κ1) is 23.9. The molecule has 0 saturated heterocycles. The SMILES string of the molecule is CC(=O)Nc1ccc2ncnc(Oc3ccc(CC(=O)Nc4cnn(C(C)(C)C)c4)cc3C)c2c1. The van der Waals surface area contributed by atoms with Crippen LogP contribution in [-0.4, -0.2) is 31.6 Å². The van der Waals surface area contributed by atoms with Crippen molar-refractivity contribution in [1.29, 1.82) is 0 Å². The molecule has 2 aromatic heterocycles. The van der Waals surface area contributed by atoms with E-state index in [-0.39, 0.29) is 23.8 Å². The molecule has 2 N–H and O–H groups in total. The first-order chi connectivity index (χ1) is 16.6. The number of aryl methyl sites for hydroxylation is 1. The number of hydrogen-bond donors (Lipinski definition) is 2. The summed E-state index contributed by atoms with van der Waals surface area (Å²) in [6.45, 7) is 9.50. The topological polar surface area (TPSA) is 111 Å². The van der Waals surface area contributed by atoms with E-state index >= 15 is 0 Å². The first-order valence-electron chi connectivity index (χ1n) is 11.2. The molecule has 2 heterocycles. The maximum absolute atomic E-state index is 12.6. The highest BCUT2D eigenvalue weighted by Crippen LogP contribution is 2.31. The first-order valence-corrected chi connectivity index (χ1v) is 11.2. The van der Waals surface area contributed by atoms with Gasteiger partial charge < -0.3 is 15.4 Å². The fourth-order valence-electron chi connectivity index (χ4n) is 3.58. The number of fused-ring (bicyclic) bond motifs is 1. The van der Waals surface area contributed by atoms with Crippen molar-refractivity contribution in [2.24, 2.45) is 0 Å². The average Bonchev–Trinajstić information content (AvgIpc) is 3.24. The third-order valence-electron chi connectivity index (χ3n) is 5.28. The maximum atomic E-state index is 12.6. The Balaban J connectivity index is 1.47. The summed E-state index contributed by atoms with van der Waals surface area (Å²) < 4.78 is 7.91. The lowest BCUT2D eigenvalue weighted by atomic mass is 10.1. The molecule has 0 aliphatic heterocycles. The highest BCUT2D eigenvalue weighted by atomic mass is 16.5. The second-order valence-electron chi connectivity index (χ2n) is 9.36. The van der Waals surface area contributed by atoms with Crippen molar-refractivity contribution in [3.8, 4) is 11.6 Å². The second-order valence-corrected chi connectivity index (χ2v) is 9.36. The number of amides is 2. The molecule has 0 fully saturated rings. The number of hydrogen-bond acceptors (Lipinski definition) is 6. The molecular formula is C26H28N6O3. The highest BCUT2D eigenvalue weighted by Gasteiger charge is 2.15. The molecule has 0 atom stereocenters. The Morgan fingerprint density at radius 3 is 2.51 bits per heavy atom. The Morgan fingerprint density at radius 1 is 1.03 bits per heavy atom. The van der Waals surface area contributed by atoms with Gasteiger partial charge in [-0.3, -0.25) is 14.3 Å². The molecule has 180 valence electrons. The van der Waals surface area contributed by atoms with Crippen LogP contribution in [0.4, 0.5) is 11.4 Å². The lowest BCUT2D eigenvalue weighted by molar-refractivity contribution is -0.116. The summed E-state index contributed by atoms with van der Waals surface area (Å²) in [4.78, 5) is 32.5. The van der Waals surface area contributed by atoms with Crippen molar-refractivity contribution in [3.63, 3.8) is 0 Å². The van der Waals surface area contributed by atoms with Crippen LogP contribution in [0.1, 0.15) is 38.8 Å². The lowest BCUT2D eigenvalue weighted by Gasteiger charge is -2.18. The van der Waals surface area contributed by atoms with Crippen molar-refractivity contribution in [1.82, 2.24) is 19.7 Å². The van der Waals surface area contributed by atoms with Gasteiger partial charge >= 0.3 is 0 Å². The van der Waals surface area contributed by atoms with Gasteiger partial charge in [0.2, 0.25) is 17.7 Å². The molecule has 2 amide bonds. The maximum Gasteiger partial charge on any atom is 0.230 e. The monoisotopic (exact) mass is 472 g/mol. The van der Waals surface area contributed by atoms with Crippen LogP contribution in [0.2, 0.25) is 0 Å². The number of rotatable bonds is 6. The van der Waals surface area contributed by atoms with Crippen LogP contribution in [0.25, 0.3) is 10.9 Å². The minimum Gasteiger partial charge on any atom is -0.438 e. The van der Waals surface area contributed by atoms with E-state index in [2.05, 4.69) is 25.7 Å². The third-order valence-corrected chi connectivity index (χ3v) is 5.28. The molecule has 0 bridgehead atoms. The molecule has 35 heavy (non-hydrogen) atoms. The second kappa shape index (κ2) is 9.54. The van der Waals surface area contributed by atoms with Crippen molar-refractivity contribution in [3.05, 3.63) is 66.2 Å². The van der Waals surface area contributed by atoms with Crippen LogP contribution < -0.4 is 15.4 Å². The molecule has 4 aromatic rings. The minimum atomic E-state index is -0.165. The van der Waals surface area contributed by atoms with Gasteiger partial charge in [-0.05, 0) is 63.1 Å². The number of carbonyl (C=O) groups is 2. The summed E-state index contributed by atoms with van der Waals surface area (Å²) in [5, 5.41) is 10.6. The molecular weight excluding hydrogens is 444 g/mol. The molecule has 0 unspecified atom stereocenters. The number of ether oxygens (including phenoxy) is 1. The Bertz CT molecular complexity index is 1400. The van der Waals surface area contributed by atoms with Gasteiger partial charge in [-0.25, -0.2) is 9.97 Å². The van der Waals surface area contributed by atoms with Crippen molar-refractivity contribution < 1.29 is 14.3 Å². The number of benzene rings is 2. The number of nitrogens with one attached hydrogen (secondary N) is 2. The van der Waals surface area contributed by atoms with Crippen LogP contribution in [-0.2, 0) is 21.5 Å². The Hall–Kier alpha value is -4.27. The van der Waals surface area contributed by atoms with Crippen molar-refractivity contribution in [2.45, 2.75) is 46.6 Å². The molecule has 2 aromatic carbocycles. The summed E-state index contributed by atoms with van der Waals surface area (Å²) in [7, 11) is 0. The van der Waals surface area contributed by atoms with Gasteiger partial charge in [0.25, 0.3) is 0 Å². The van der Waals surface area contributed by atoms with Gasteiger partial charge in [0, 0.05) is 18.8 Å². The van der Waals surface area contributed by atoms with Gasteiger partial charge in [-0.2, -0.15) is 5.10 Å². The Kier molecular flexibility index (Phi) is 6.50. The number of anilines is 2. The zero-order chi connectivity index (χ0) is 25.2. The number of carbonyl (C=O) groups excluding carboxylic acids is 2. The van der Waals surface area contributed by atoms with Crippen LogP contribution in [0, 0.1) is 6.92 Å². The summed E-state index contributed by atoms with van der Waals surface area (Å²) in [5.41, 5.74) is 3.56. The average molecular weight is 473 g/mol. The van der Waals surface area contributed by atoms with Crippen LogP contribution >= 0.6 is 0 Å². The predicted molar refractivity (Wildman–Crippen MR) is 135 cm³/mol. The van der Waals surface area contributed by atoms with Crippen molar-refractivity contribution in [2.75, 3.05) is 10.6 Å². The largest absolute Gasteiger partial charge is 0.438 e. The zero-order valence-corrected chi connectivity index (χ0v) is 20.4. The van der Waals surface area contributed by atoms with E-state index in [1.54, 1.807) is 24.4 Å². The smallest absolute Gasteiger partial charge is 0.230 e. The van der Waals surface area contributed by atoms with Crippen LogP contribution in [0.5, 0.6) is 11.6 Å². The third kappa shape index (κ3) is 5.81. The quantitative estimate of drug-likeness (QED) is 0.416. The van der Waals surface area contributed by atoms with Crippen LogP contribution in [0.15, 0.2) is 55.1 Å². The normalized spacial score (nSPS) is 11.3. The summed E-state index contributed by atoms with van der Waals surface area (Å²) >= 11 is 0. The Morgan fingerprint density at radius 2 is 1.83 bits per heavy atom. The molecule has 0 radical (unpaired) electrons. The minimum absolute atomic E-state index is 0.126. The zero-order valence-electron chi connectivity index (χ0n) is 20.4. The number of aromatic nitrogens is 4. The van der Waals surface area contributed by atoms with Crippen molar-refractivity contribution >= 4 is 34.1 Å². The standard InChI is InChI=1S/C26H28N6O3/c1-16-10-18(11-24(34)31-20-13-29-32(14-20)26(3,4)5)6-9-23(16)35-25-21-12-19(30-17(2)33)7-8-22(21)27-15-28-25/h6-10,12-15H,11H2,1-5H3,(H,30,33)(H,31,34). The molecule has 0 saturated carbocycles.